The molecule has 5 heteroatoms. The molecule has 0 atom stereocenters. The van der Waals surface area contributed by atoms with Crippen LogP contribution in [0.4, 0.5) is 0 Å². The molecule has 0 radical (unpaired) electrons. The summed E-state index contributed by atoms with van der Waals surface area (Å²) in [5.41, 5.74) is 2.35. The van der Waals surface area contributed by atoms with Gasteiger partial charge in [0.05, 0.1) is 32.5 Å². The van der Waals surface area contributed by atoms with Crippen molar-refractivity contribution in [2.45, 2.75) is 20.4 Å². The van der Waals surface area contributed by atoms with Crippen molar-refractivity contribution >= 4 is 21.9 Å². The van der Waals surface area contributed by atoms with Crippen molar-refractivity contribution in [2.24, 2.45) is 0 Å². The predicted molar refractivity (Wildman–Crippen MR) is 84.8 cm³/mol. The maximum atomic E-state index is 12.6. The molecule has 0 aliphatic carbocycles. The van der Waals surface area contributed by atoms with E-state index in [-0.39, 0.29) is 5.56 Å². The van der Waals surface area contributed by atoms with E-state index in [2.05, 4.69) is 23.8 Å². The van der Waals surface area contributed by atoms with Gasteiger partial charge in [0.25, 0.3) is 5.56 Å². The van der Waals surface area contributed by atoms with Crippen LogP contribution >= 0.6 is 0 Å². The maximum absolute atomic E-state index is 12.6. The number of aromatic nitrogens is 3. The van der Waals surface area contributed by atoms with Crippen LogP contribution in [0, 0.1) is 0 Å². The first-order valence-electron chi connectivity index (χ1n) is 7.54. The minimum Gasteiger partial charge on any atom is -0.349 e. The van der Waals surface area contributed by atoms with E-state index in [0.29, 0.717) is 12.1 Å². The van der Waals surface area contributed by atoms with Crippen LogP contribution in [0.2, 0.25) is 0 Å². The van der Waals surface area contributed by atoms with Crippen molar-refractivity contribution in [2.75, 3.05) is 19.6 Å². The SMILES string of the molecule is CC[NH+](CC)CCn1cnc2c([nH]c3ccccc32)c1=O. The molecule has 0 saturated heterocycles. The molecule has 110 valence electrons. The summed E-state index contributed by atoms with van der Waals surface area (Å²) in [5.74, 6) is 0. The molecule has 5 nitrogen and oxygen atoms in total. The summed E-state index contributed by atoms with van der Waals surface area (Å²) in [6.45, 7) is 8.14. The average Bonchev–Trinajstić information content (AvgIpc) is 2.90. The van der Waals surface area contributed by atoms with E-state index in [1.165, 1.54) is 4.90 Å². The van der Waals surface area contributed by atoms with Crippen LogP contribution in [0.1, 0.15) is 13.8 Å². The second kappa shape index (κ2) is 5.69. The Morgan fingerprint density at radius 3 is 2.76 bits per heavy atom. The van der Waals surface area contributed by atoms with Gasteiger partial charge in [-0.2, -0.15) is 0 Å². The molecule has 3 aromatic rings. The van der Waals surface area contributed by atoms with E-state index in [0.717, 1.165) is 36.1 Å². The molecular weight excluding hydrogens is 264 g/mol. The lowest BCUT2D eigenvalue weighted by molar-refractivity contribution is -0.897. The number of para-hydroxylation sites is 1. The van der Waals surface area contributed by atoms with Gasteiger partial charge < -0.3 is 9.88 Å². The van der Waals surface area contributed by atoms with Gasteiger partial charge in [0.15, 0.2) is 0 Å². The van der Waals surface area contributed by atoms with Crippen molar-refractivity contribution < 1.29 is 4.90 Å². The zero-order chi connectivity index (χ0) is 14.8. The summed E-state index contributed by atoms with van der Waals surface area (Å²) in [4.78, 5) is 21.7. The zero-order valence-electron chi connectivity index (χ0n) is 12.5. The van der Waals surface area contributed by atoms with Gasteiger partial charge in [0.1, 0.15) is 11.0 Å². The summed E-state index contributed by atoms with van der Waals surface area (Å²) >= 11 is 0. The standard InChI is InChI=1S/C16H20N4O/c1-3-19(4-2)9-10-20-11-17-14-12-7-5-6-8-13(12)18-15(14)16(20)21/h5-8,11,18H,3-4,9-10H2,1-2H3/p+1. The Hall–Kier alpha value is -2.14. The van der Waals surface area contributed by atoms with Crippen LogP contribution < -0.4 is 10.5 Å². The van der Waals surface area contributed by atoms with Crippen LogP contribution in [0.25, 0.3) is 21.9 Å². The molecule has 2 N–H and O–H groups in total. The van der Waals surface area contributed by atoms with Gasteiger partial charge in [-0.05, 0) is 19.9 Å². The molecule has 2 aromatic heterocycles. The first-order chi connectivity index (χ1) is 10.2. The van der Waals surface area contributed by atoms with Gasteiger partial charge in [-0.15, -0.1) is 0 Å². The van der Waals surface area contributed by atoms with Crippen molar-refractivity contribution in [1.29, 1.82) is 0 Å². The highest BCUT2D eigenvalue weighted by atomic mass is 16.1. The number of nitrogens with zero attached hydrogens (tertiary/aromatic N) is 2. The van der Waals surface area contributed by atoms with E-state index in [4.69, 9.17) is 0 Å². The van der Waals surface area contributed by atoms with E-state index in [9.17, 15) is 4.79 Å². The van der Waals surface area contributed by atoms with E-state index >= 15 is 0 Å². The number of nitrogens with one attached hydrogen (secondary N) is 2. The lowest BCUT2D eigenvalue weighted by Gasteiger charge is -2.15. The highest BCUT2D eigenvalue weighted by Crippen LogP contribution is 2.20. The van der Waals surface area contributed by atoms with Gasteiger partial charge in [-0.1, -0.05) is 18.2 Å². The summed E-state index contributed by atoms with van der Waals surface area (Å²) in [6.07, 6.45) is 1.67. The van der Waals surface area contributed by atoms with E-state index < -0.39 is 0 Å². The molecule has 0 amide bonds. The molecule has 0 spiro atoms. The predicted octanol–water partition coefficient (Wildman–Crippen LogP) is 0.802. The Morgan fingerprint density at radius 2 is 2.00 bits per heavy atom. The zero-order valence-corrected chi connectivity index (χ0v) is 12.5. The minimum atomic E-state index is 0.0164. The largest absolute Gasteiger partial charge is 0.349 e. The quantitative estimate of drug-likeness (QED) is 0.728. The highest BCUT2D eigenvalue weighted by molar-refractivity contribution is 6.04. The Balaban J connectivity index is 2.00. The smallest absolute Gasteiger partial charge is 0.277 e. The van der Waals surface area contributed by atoms with Crippen molar-refractivity contribution in [1.82, 2.24) is 14.5 Å². The third-order valence-electron chi connectivity index (χ3n) is 4.19. The fraction of sp³-hybridized carbons (Fsp3) is 0.375. The third kappa shape index (κ3) is 2.45. The number of fused-ring (bicyclic) bond motifs is 3. The fourth-order valence-electron chi connectivity index (χ4n) is 2.78. The number of aromatic amines is 1. The lowest BCUT2D eigenvalue weighted by atomic mass is 10.2. The van der Waals surface area contributed by atoms with E-state index in [1.54, 1.807) is 10.9 Å². The summed E-state index contributed by atoms with van der Waals surface area (Å²) < 4.78 is 1.71. The first-order valence-corrected chi connectivity index (χ1v) is 7.54. The van der Waals surface area contributed by atoms with Crippen molar-refractivity contribution in [3.63, 3.8) is 0 Å². The molecule has 21 heavy (non-hydrogen) atoms. The van der Waals surface area contributed by atoms with Gasteiger partial charge in [0.2, 0.25) is 0 Å². The number of hydrogen-bond acceptors (Lipinski definition) is 2. The maximum Gasteiger partial charge on any atom is 0.277 e. The molecule has 0 fully saturated rings. The minimum absolute atomic E-state index is 0.0164. The second-order valence-corrected chi connectivity index (χ2v) is 5.34. The molecule has 0 aliphatic rings. The Labute approximate surface area is 123 Å². The molecule has 0 bridgehead atoms. The number of hydrogen-bond donors (Lipinski definition) is 2. The summed E-state index contributed by atoms with van der Waals surface area (Å²) in [7, 11) is 0. The van der Waals surface area contributed by atoms with Gasteiger partial charge >= 0.3 is 0 Å². The fourth-order valence-corrected chi connectivity index (χ4v) is 2.78. The summed E-state index contributed by atoms with van der Waals surface area (Å²) in [5, 5.41) is 1.01. The molecule has 0 saturated carbocycles. The van der Waals surface area contributed by atoms with Crippen LogP contribution in [0.15, 0.2) is 35.4 Å². The Morgan fingerprint density at radius 1 is 1.24 bits per heavy atom. The lowest BCUT2D eigenvalue weighted by Crippen LogP contribution is -3.11. The second-order valence-electron chi connectivity index (χ2n) is 5.34. The average molecular weight is 285 g/mol. The Bertz CT molecular complexity index is 814. The molecule has 0 aliphatic heterocycles. The number of benzene rings is 1. The molecule has 3 rings (SSSR count). The number of H-pyrrole nitrogens is 1. The summed E-state index contributed by atoms with van der Waals surface area (Å²) in [6, 6.07) is 7.89. The van der Waals surface area contributed by atoms with Gasteiger partial charge in [-0.25, -0.2) is 4.98 Å². The monoisotopic (exact) mass is 285 g/mol. The van der Waals surface area contributed by atoms with Gasteiger partial charge in [-0.3, -0.25) is 9.36 Å². The van der Waals surface area contributed by atoms with Crippen LogP contribution in [-0.4, -0.2) is 34.2 Å². The number of quaternary nitrogens is 1. The number of likely N-dealkylation sites (N-methyl/N-ethyl adjacent to an activating group) is 1. The first kappa shape index (κ1) is 13.8. The highest BCUT2D eigenvalue weighted by Gasteiger charge is 2.11. The Kier molecular flexibility index (Phi) is 3.75. The van der Waals surface area contributed by atoms with Crippen LogP contribution in [0.3, 0.4) is 0 Å². The van der Waals surface area contributed by atoms with Crippen molar-refractivity contribution in [3.05, 3.63) is 40.9 Å². The van der Waals surface area contributed by atoms with Crippen LogP contribution in [-0.2, 0) is 6.54 Å². The van der Waals surface area contributed by atoms with E-state index in [1.807, 2.05) is 24.3 Å². The molecular formula is C16H21N4O+. The number of rotatable bonds is 5. The third-order valence-corrected chi connectivity index (χ3v) is 4.19. The molecule has 2 heterocycles. The molecule has 0 unspecified atom stereocenters. The normalized spacial score (nSPS) is 11.8. The van der Waals surface area contributed by atoms with Crippen molar-refractivity contribution in [3.8, 4) is 0 Å². The van der Waals surface area contributed by atoms with Gasteiger partial charge in [0, 0.05) is 10.9 Å². The topological polar surface area (TPSA) is 55.1 Å². The van der Waals surface area contributed by atoms with Crippen LogP contribution in [0.5, 0.6) is 0 Å². The molecule has 1 aromatic carbocycles.